The summed E-state index contributed by atoms with van der Waals surface area (Å²) in [6.07, 6.45) is 3.14. The monoisotopic (exact) mass is 444 g/mol. The van der Waals surface area contributed by atoms with Crippen molar-refractivity contribution in [1.29, 1.82) is 0 Å². The van der Waals surface area contributed by atoms with Gasteiger partial charge in [-0.15, -0.1) is 0 Å². The maximum absolute atomic E-state index is 12.7. The van der Waals surface area contributed by atoms with E-state index >= 15 is 0 Å². The van der Waals surface area contributed by atoms with Crippen LogP contribution in [0.5, 0.6) is 0 Å². The first-order valence-electron chi connectivity index (χ1n) is 10.9. The van der Waals surface area contributed by atoms with Gasteiger partial charge in [0.15, 0.2) is 16.4 Å². The van der Waals surface area contributed by atoms with Crippen molar-refractivity contribution in [2.75, 3.05) is 37.7 Å². The van der Waals surface area contributed by atoms with Gasteiger partial charge in [0.05, 0.1) is 17.4 Å². The molecule has 0 spiro atoms. The molecule has 30 heavy (non-hydrogen) atoms. The molecule has 0 saturated carbocycles. The van der Waals surface area contributed by atoms with Crippen LogP contribution >= 0.6 is 0 Å². The molecule has 1 atom stereocenters. The van der Waals surface area contributed by atoms with E-state index in [0.717, 1.165) is 12.8 Å². The van der Waals surface area contributed by atoms with E-state index in [-0.39, 0.29) is 41.9 Å². The first kappa shape index (κ1) is 24.6. The number of sulfone groups is 1. The smallest absolute Gasteiger partial charge is 0.309 e. The van der Waals surface area contributed by atoms with Crippen LogP contribution in [0, 0.1) is 11.3 Å². The van der Waals surface area contributed by atoms with Crippen molar-refractivity contribution in [2.24, 2.45) is 11.3 Å². The van der Waals surface area contributed by atoms with Gasteiger partial charge in [0.2, 0.25) is 5.91 Å². The van der Waals surface area contributed by atoms with Gasteiger partial charge in [-0.2, -0.15) is 0 Å². The molecule has 2 heterocycles. The van der Waals surface area contributed by atoms with Crippen LogP contribution in [0.3, 0.4) is 0 Å². The van der Waals surface area contributed by atoms with Gasteiger partial charge in [-0.3, -0.25) is 14.4 Å². The molecule has 2 amide bonds. The van der Waals surface area contributed by atoms with E-state index in [1.54, 1.807) is 9.80 Å². The Morgan fingerprint density at radius 2 is 1.73 bits per heavy atom. The summed E-state index contributed by atoms with van der Waals surface area (Å²) in [6.45, 7) is 8.76. The number of unbranched alkanes of at least 4 members (excludes halogenated alkanes) is 1. The fourth-order valence-electron chi connectivity index (χ4n) is 3.99. The number of nitrogens with zero attached hydrogens (tertiary/aromatic N) is 2. The maximum atomic E-state index is 12.7. The van der Waals surface area contributed by atoms with Crippen LogP contribution in [-0.4, -0.2) is 79.8 Å². The average Bonchev–Trinajstić information content (AvgIpc) is 3.04. The second-order valence-electron chi connectivity index (χ2n) is 9.42. The SMILES string of the molecule is CCCCN(C(=O)COC(=O)C1CCN(C(=O)C(C)(C)C)CC1)C1CCS(=O)(=O)C1. The summed E-state index contributed by atoms with van der Waals surface area (Å²) in [6, 6.07) is -0.334. The van der Waals surface area contributed by atoms with E-state index in [1.165, 1.54) is 0 Å². The molecule has 2 fully saturated rings. The van der Waals surface area contributed by atoms with E-state index < -0.39 is 21.2 Å². The molecule has 0 aromatic carbocycles. The highest BCUT2D eigenvalue weighted by Crippen LogP contribution is 2.24. The number of esters is 1. The highest BCUT2D eigenvalue weighted by molar-refractivity contribution is 7.91. The lowest BCUT2D eigenvalue weighted by atomic mass is 9.91. The van der Waals surface area contributed by atoms with Crippen LogP contribution in [-0.2, 0) is 29.0 Å². The molecule has 0 aromatic heterocycles. The largest absolute Gasteiger partial charge is 0.455 e. The summed E-state index contributed by atoms with van der Waals surface area (Å²) in [7, 11) is -3.10. The summed E-state index contributed by atoms with van der Waals surface area (Å²) < 4.78 is 28.9. The predicted molar refractivity (Wildman–Crippen MR) is 113 cm³/mol. The lowest BCUT2D eigenvalue weighted by Gasteiger charge is -2.35. The van der Waals surface area contributed by atoms with Crippen molar-refractivity contribution >= 4 is 27.6 Å². The fraction of sp³-hybridized carbons (Fsp3) is 0.857. The molecule has 0 aliphatic carbocycles. The van der Waals surface area contributed by atoms with Crippen LogP contribution in [0.15, 0.2) is 0 Å². The Kier molecular flexibility index (Phi) is 8.30. The third kappa shape index (κ3) is 6.68. The summed E-state index contributed by atoms with van der Waals surface area (Å²) >= 11 is 0. The molecule has 0 N–H and O–H groups in total. The molecule has 2 aliphatic heterocycles. The van der Waals surface area contributed by atoms with E-state index in [0.29, 0.717) is 38.9 Å². The molecule has 2 aliphatic rings. The Morgan fingerprint density at radius 1 is 1.10 bits per heavy atom. The standard InChI is InChI=1S/C21H36N2O6S/c1-5-6-10-23(17-9-13-30(27,28)15-17)18(24)14-29-19(25)16-7-11-22(12-8-16)20(26)21(2,3)4/h16-17H,5-15H2,1-4H3. The number of piperidine rings is 1. The van der Waals surface area contributed by atoms with Crippen LogP contribution in [0.4, 0.5) is 0 Å². The highest BCUT2D eigenvalue weighted by atomic mass is 32.2. The molecule has 0 aromatic rings. The van der Waals surface area contributed by atoms with Crippen molar-refractivity contribution in [3.8, 4) is 0 Å². The summed E-state index contributed by atoms with van der Waals surface area (Å²) in [5.74, 6) is -0.920. The zero-order valence-electron chi connectivity index (χ0n) is 18.7. The number of amides is 2. The van der Waals surface area contributed by atoms with Gasteiger partial charge in [-0.05, 0) is 25.7 Å². The number of rotatable bonds is 7. The number of carbonyl (C=O) groups excluding carboxylic acids is 3. The third-order valence-electron chi connectivity index (χ3n) is 5.82. The number of ether oxygens (including phenoxy) is 1. The maximum Gasteiger partial charge on any atom is 0.309 e. The topological polar surface area (TPSA) is 101 Å². The van der Waals surface area contributed by atoms with Gasteiger partial charge in [-0.1, -0.05) is 34.1 Å². The molecule has 2 saturated heterocycles. The molecule has 0 radical (unpaired) electrons. The van der Waals surface area contributed by atoms with Gasteiger partial charge in [-0.25, -0.2) is 8.42 Å². The summed E-state index contributed by atoms with van der Waals surface area (Å²) in [4.78, 5) is 40.8. The van der Waals surface area contributed by atoms with E-state index in [2.05, 4.69) is 0 Å². The van der Waals surface area contributed by atoms with Crippen molar-refractivity contribution in [1.82, 2.24) is 9.80 Å². The van der Waals surface area contributed by atoms with Crippen molar-refractivity contribution in [3.05, 3.63) is 0 Å². The number of hydrogen-bond donors (Lipinski definition) is 0. The van der Waals surface area contributed by atoms with Crippen molar-refractivity contribution in [3.63, 3.8) is 0 Å². The average molecular weight is 445 g/mol. The zero-order chi connectivity index (χ0) is 22.5. The lowest BCUT2D eigenvalue weighted by Crippen LogP contribution is -2.46. The number of carbonyl (C=O) groups is 3. The molecule has 9 heteroatoms. The van der Waals surface area contributed by atoms with E-state index in [4.69, 9.17) is 4.74 Å². The van der Waals surface area contributed by atoms with Crippen molar-refractivity contribution in [2.45, 2.75) is 65.8 Å². The van der Waals surface area contributed by atoms with Crippen LogP contribution in [0.2, 0.25) is 0 Å². The first-order chi connectivity index (χ1) is 13.9. The molecule has 2 rings (SSSR count). The number of hydrogen-bond acceptors (Lipinski definition) is 6. The van der Waals surface area contributed by atoms with E-state index in [9.17, 15) is 22.8 Å². The van der Waals surface area contributed by atoms with Crippen LogP contribution in [0.25, 0.3) is 0 Å². The first-order valence-corrected chi connectivity index (χ1v) is 12.7. The predicted octanol–water partition coefficient (Wildman–Crippen LogP) is 1.63. The zero-order valence-corrected chi connectivity index (χ0v) is 19.5. The Bertz CT molecular complexity index is 735. The molecule has 8 nitrogen and oxygen atoms in total. The third-order valence-corrected chi connectivity index (χ3v) is 7.57. The van der Waals surface area contributed by atoms with Gasteiger partial charge in [0, 0.05) is 31.1 Å². The molecular formula is C21H36N2O6S. The second kappa shape index (κ2) is 10.1. The minimum Gasteiger partial charge on any atom is -0.455 e. The second-order valence-corrected chi connectivity index (χ2v) is 11.7. The Hall–Kier alpha value is -1.64. The molecule has 0 bridgehead atoms. The van der Waals surface area contributed by atoms with Crippen LogP contribution < -0.4 is 0 Å². The minimum absolute atomic E-state index is 0.0172. The lowest BCUT2D eigenvalue weighted by molar-refractivity contribution is -0.158. The summed E-state index contributed by atoms with van der Waals surface area (Å²) in [5.41, 5.74) is -0.449. The van der Waals surface area contributed by atoms with Gasteiger partial charge < -0.3 is 14.5 Å². The minimum atomic E-state index is -3.10. The summed E-state index contributed by atoms with van der Waals surface area (Å²) in [5, 5.41) is 0. The number of likely N-dealkylation sites (tertiary alicyclic amines) is 1. The van der Waals surface area contributed by atoms with Crippen LogP contribution in [0.1, 0.15) is 59.8 Å². The van der Waals surface area contributed by atoms with Crippen molar-refractivity contribution < 1.29 is 27.5 Å². The Balaban J connectivity index is 1.85. The van der Waals surface area contributed by atoms with E-state index in [1.807, 2.05) is 27.7 Å². The highest BCUT2D eigenvalue weighted by Gasteiger charge is 2.36. The molecule has 172 valence electrons. The Labute approximate surface area is 180 Å². The normalized spacial score (nSPS) is 22.0. The van der Waals surface area contributed by atoms with Gasteiger partial charge in [0.25, 0.3) is 5.91 Å². The van der Waals surface area contributed by atoms with Gasteiger partial charge in [0.1, 0.15) is 0 Å². The molecular weight excluding hydrogens is 408 g/mol. The fourth-order valence-corrected chi connectivity index (χ4v) is 5.72. The Morgan fingerprint density at radius 3 is 2.23 bits per heavy atom. The quantitative estimate of drug-likeness (QED) is 0.553. The van der Waals surface area contributed by atoms with Gasteiger partial charge >= 0.3 is 5.97 Å². The molecule has 1 unspecified atom stereocenters.